The molecule has 142 valence electrons. The molecule has 0 bridgehead atoms. The third-order valence-electron chi connectivity index (χ3n) is 4.15. The zero-order valence-corrected chi connectivity index (χ0v) is 14.5. The summed E-state index contributed by atoms with van der Waals surface area (Å²) in [5.74, 6) is 0.661. The van der Waals surface area contributed by atoms with Crippen molar-refractivity contribution in [2.75, 3.05) is 5.32 Å². The van der Waals surface area contributed by atoms with Gasteiger partial charge in [-0.3, -0.25) is 10.2 Å². The molecule has 0 saturated carbocycles. The number of rotatable bonds is 5. The van der Waals surface area contributed by atoms with Crippen molar-refractivity contribution in [1.82, 2.24) is 25.4 Å². The van der Waals surface area contributed by atoms with E-state index in [1.165, 1.54) is 6.07 Å². The van der Waals surface area contributed by atoms with Gasteiger partial charge < -0.3 is 5.32 Å². The molecule has 0 unspecified atom stereocenters. The van der Waals surface area contributed by atoms with Gasteiger partial charge in [0.15, 0.2) is 11.6 Å². The van der Waals surface area contributed by atoms with Crippen molar-refractivity contribution < 1.29 is 13.2 Å². The Bertz CT molecular complexity index is 1070. The van der Waals surface area contributed by atoms with Gasteiger partial charge in [0, 0.05) is 35.1 Å². The molecule has 4 aromatic rings. The van der Waals surface area contributed by atoms with E-state index in [9.17, 15) is 13.2 Å². The van der Waals surface area contributed by atoms with Crippen LogP contribution in [-0.4, -0.2) is 25.4 Å². The molecule has 0 saturated heterocycles. The van der Waals surface area contributed by atoms with Crippen molar-refractivity contribution in [3.05, 3.63) is 72.1 Å². The molecule has 6 nitrogen and oxygen atoms in total. The number of benzene rings is 2. The maximum atomic E-state index is 12.9. The number of para-hydroxylation sites is 1. The predicted octanol–water partition coefficient (Wildman–Crippen LogP) is 4.49. The molecule has 0 aliphatic heterocycles. The standard InChI is InChI=1S/C19H15F3N6/c20-19(21,22)14-5-3-4-13(8-14)17-26-18(28-27-17)15-6-1-2-7-16(15)23-9-12-10-24-25-11-12/h1-8,10-11,23H,9H2,(H,24,25)(H,26,27,28). The summed E-state index contributed by atoms with van der Waals surface area (Å²) in [5, 5.41) is 16.9. The highest BCUT2D eigenvalue weighted by molar-refractivity contribution is 5.74. The number of anilines is 1. The molecule has 0 aliphatic carbocycles. The molecule has 2 heterocycles. The first-order chi connectivity index (χ1) is 13.5. The lowest BCUT2D eigenvalue weighted by molar-refractivity contribution is -0.137. The number of nitrogens with zero attached hydrogens (tertiary/aromatic N) is 3. The highest BCUT2D eigenvalue weighted by Gasteiger charge is 2.30. The molecule has 2 aromatic carbocycles. The van der Waals surface area contributed by atoms with Crippen LogP contribution in [0.1, 0.15) is 11.1 Å². The molecular formula is C19H15F3N6. The first kappa shape index (κ1) is 17.8. The van der Waals surface area contributed by atoms with Crippen LogP contribution in [0.4, 0.5) is 18.9 Å². The van der Waals surface area contributed by atoms with Crippen LogP contribution in [0.25, 0.3) is 22.8 Å². The first-order valence-corrected chi connectivity index (χ1v) is 8.42. The average Bonchev–Trinajstić information content (AvgIpc) is 3.38. The van der Waals surface area contributed by atoms with Gasteiger partial charge in [0.1, 0.15) is 0 Å². The van der Waals surface area contributed by atoms with E-state index in [1.807, 2.05) is 24.3 Å². The van der Waals surface area contributed by atoms with Crippen molar-refractivity contribution in [1.29, 1.82) is 0 Å². The summed E-state index contributed by atoms with van der Waals surface area (Å²) in [6, 6.07) is 12.4. The molecule has 0 aliphatic rings. The van der Waals surface area contributed by atoms with Gasteiger partial charge in [0.25, 0.3) is 0 Å². The van der Waals surface area contributed by atoms with Crippen LogP contribution in [0.15, 0.2) is 60.9 Å². The van der Waals surface area contributed by atoms with Gasteiger partial charge >= 0.3 is 6.18 Å². The van der Waals surface area contributed by atoms with Gasteiger partial charge in [-0.25, -0.2) is 4.98 Å². The zero-order chi connectivity index (χ0) is 19.6. The van der Waals surface area contributed by atoms with Crippen LogP contribution >= 0.6 is 0 Å². The smallest absolute Gasteiger partial charge is 0.380 e. The van der Waals surface area contributed by atoms with Gasteiger partial charge in [-0.1, -0.05) is 24.3 Å². The summed E-state index contributed by atoms with van der Waals surface area (Å²) in [6.45, 7) is 0.558. The quantitative estimate of drug-likeness (QED) is 0.473. The van der Waals surface area contributed by atoms with E-state index in [-0.39, 0.29) is 5.82 Å². The highest BCUT2D eigenvalue weighted by Crippen LogP contribution is 2.32. The number of alkyl halides is 3. The average molecular weight is 384 g/mol. The second kappa shape index (κ2) is 7.18. The molecule has 0 fully saturated rings. The Labute approximate surface area is 157 Å². The number of aromatic amines is 2. The Morgan fingerprint density at radius 2 is 1.89 bits per heavy atom. The summed E-state index contributed by atoms with van der Waals surface area (Å²) in [6.07, 6.45) is -0.912. The molecule has 9 heteroatoms. The molecule has 2 aromatic heterocycles. The van der Waals surface area contributed by atoms with E-state index >= 15 is 0 Å². The largest absolute Gasteiger partial charge is 0.416 e. The Kier molecular flexibility index (Phi) is 4.56. The Balaban J connectivity index is 1.62. The third-order valence-corrected chi connectivity index (χ3v) is 4.15. The van der Waals surface area contributed by atoms with Crippen molar-refractivity contribution in [2.45, 2.75) is 12.7 Å². The van der Waals surface area contributed by atoms with E-state index in [2.05, 4.69) is 30.7 Å². The van der Waals surface area contributed by atoms with Crippen LogP contribution in [0.2, 0.25) is 0 Å². The van der Waals surface area contributed by atoms with Gasteiger partial charge in [-0.2, -0.15) is 23.4 Å². The first-order valence-electron chi connectivity index (χ1n) is 8.42. The van der Waals surface area contributed by atoms with E-state index in [0.717, 1.165) is 28.9 Å². The normalized spacial score (nSPS) is 11.5. The summed E-state index contributed by atoms with van der Waals surface area (Å²) in [4.78, 5) is 4.39. The number of nitrogens with one attached hydrogen (secondary N) is 3. The minimum atomic E-state index is -4.42. The minimum absolute atomic E-state index is 0.200. The molecule has 0 amide bonds. The number of hydrogen-bond donors (Lipinski definition) is 3. The fraction of sp³-hybridized carbons (Fsp3) is 0.105. The van der Waals surface area contributed by atoms with Crippen molar-refractivity contribution >= 4 is 5.69 Å². The number of H-pyrrole nitrogens is 2. The van der Waals surface area contributed by atoms with Crippen LogP contribution in [0.5, 0.6) is 0 Å². The fourth-order valence-corrected chi connectivity index (χ4v) is 2.76. The van der Waals surface area contributed by atoms with Crippen molar-refractivity contribution in [2.24, 2.45) is 0 Å². The molecule has 0 atom stereocenters. The molecule has 4 rings (SSSR count). The van der Waals surface area contributed by atoms with Gasteiger partial charge in [0.2, 0.25) is 0 Å². The Morgan fingerprint density at radius 3 is 2.68 bits per heavy atom. The summed E-state index contributed by atoms with van der Waals surface area (Å²) in [7, 11) is 0. The summed E-state index contributed by atoms with van der Waals surface area (Å²) < 4.78 is 38.8. The molecule has 0 spiro atoms. The van der Waals surface area contributed by atoms with Gasteiger partial charge in [-0.15, -0.1) is 0 Å². The van der Waals surface area contributed by atoms with Crippen LogP contribution in [0.3, 0.4) is 0 Å². The number of halogens is 3. The van der Waals surface area contributed by atoms with Crippen molar-refractivity contribution in [3.63, 3.8) is 0 Å². The van der Waals surface area contributed by atoms with E-state index in [0.29, 0.717) is 17.9 Å². The maximum absolute atomic E-state index is 12.9. The third kappa shape index (κ3) is 3.73. The molecule has 3 N–H and O–H groups in total. The summed E-state index contributed by atoms with van der Waals surface area (Å²) in [5.41, 5.74) is 2.11. The number of aromatic nitrogens is 5. The van der Waals surface area contributed by atoms with Gasteiger partial charge in [0.05, 0.1) is 11.8 Å². The lowest BCUT2D eigenvalue weighted by atomic mass is 10.1. The van der Waals surface area contributed by atoms with E-state index in [1.54, 1.807) is 18.5 Å². The zero-order valence-electron chi connectivity index (χ0n) is 14.5. The highest BCUT2D eigenvalue weighted by atomic mass is 19.4. The molecule has 28 heavy (non-hydrogen) atoms. The lowest BCUT2D eigenvalue weighted by Gasteiger charge is -2.09. The van der Waals surface area contributed by atoms with E-state index in [4.69, 9.17) is 0 Å². The maximum Gasteiger partial charge on any atom is 0.416 e. The lowest BCUT2D eigenvalue weighted by Crippen LogP contribution is -2.04. The second-order valence-corrected chi connectivity index (χ2v) is 6.09. The monoisotopic (exact) mass is 384 g/mol. The van der Waals surface area contributed by atoms with Crippen LogP contribution < -0.4 is 5.32 Å². The fourth-order valence-electron chi connectivity index (χ4n) is 2.76. The summed E-state index contributed by atoms with van der Waals surface area (Å²) >= 11 is 0. The van der Waals surface area contributed by atoms with Gasteiger partial charge in [-0.05, 0) is 24.3 Å². The van der Waals surface area contributed by atoms with E-state index < -0.39 is 11.7 Å². The predicted molar refractivity (Wildman–Crippen MR) is 98.2 cm³/mol. The SMILES string of the molecule is FC(F)(F)c1cccc(-c2n[nH]c(-c3ccccc3NCc3cn[nH]c3)n2)c1. The minimum Gasteiger partial charge on any atom is -0.380 e. The second-order valence-electron chi connectivity index (χ2n) is 6.09. The van der Waals surface area contributed by atoms with Crippen LogP contribution in [-0.2, 0) is 12.7 Å². The topological polar surface area (TPSA) is 82.3 Å². The molecular weight excluding hydrogens is 369 g/mol. The number of hydrogen-bond acceptors (Lipinski definition) is 4. The Hall–Kier alpha value is -3.62. The molecule has 0 radical (unpaired) electrons. The van der Waals surface area contributed by atoms with Crippen LogP contribution in [0, 0.1) is 0 Å². The Morgan fingerprint density at radius 1 is 1.04 bits per heavy atom. The van der Waals surface area contributed by atoms with Crippen molar-refractivity contribution in [3.8, 4) is 22.8 Å².